The van der Waals surface area contributed by atoms with Gasteiger partial charge in [-0.2, -0.15) is 0 Å². The summed E-state index contributed by atoms with van der Waals surface area (Å²) in [6, 6.07) is 6.57. The lowest BCUT2D eigenvalue weighted by atomic mass is 9.98. The van der Waals surface area contributed by atoms with Crippen molar-refractivity contribution in [2.75, 3.05) is 0 Å². The quantitative estimate of drug-likeness (QED) is 0.886. The number of rotatable bonds is 4. The first-order valence-electron chi connectivity index (χ1n) is 6.18. The second-order valence-electron chi connectivity index (χ2n) is 4.76. The second-order valence-corrected chi connectivity index (χ2v) is 4.76. The van der Waals surface area contributed by atoms with Crippen molar-refractivity contribution in [1.29, 1.82) is 0 Å². The fourth-order valence-electron chi connectivity index (χ4n) is 2.41. The Balaban J connectivity index is 2.31. The Morgan fingerprint density at radius 2 is 2.11 bits per heavy atom. The number of nitrogens with zero attached hydrogens (tertiary/aromatic N) is 1. The predicted octanol–water partition coefficient (Wildman–Crippen LogP) is 2.14. The van der Waals surface area contributed by atoms with Crippen LogP contribution in [0, 0.1) is 5.92 Å². The van der Waals surface area contributed by atoms with E-state index in [0.29, 0.717) is 12.1 Å². The Morgan fingerprint density at radius 1 is 1.44 bits per heavy atom. The lowest BCUT2D eigenvalue weighted by Crippen LogP contribution is -2.45. The van der Waals surface area contributed by atoms with Gasteiger partial charge >= 0.3 is 5.97 Å². The van der Waals surface area contributed by atoms with E-state index in [2.05, 4.69) is 0 Å². The summed E-state index contributed by atoms with van der Waals surface area (Å²) in [5.41, 5.74) is 1.55. The van der Waals surface area contributed by atoms with Gasteiger partial charge in [-0.15, -0.1) is 0 Å². The number of carbonyl (C=O) groups is 2. The maximum Gasteiger partial charge on any atom is 0.326 e. The Morgan fingerprint density at radius 3 is 2.67 bits per heavy atom. The molecular weight excluding hydrogens is 230 g/mol. The largest absolute Gasteiger partial charge is 0.480 e. The van der Waals surface area contributed by atoms with Crippen molar-refractivity contribution in [3.8, 4) is 0 Å². The van der Waals surface area contributed by atoms with Gasteiger partial charge in [0.25, 0.3) is 5.91 Å². The molecule has 4 heteroatoms. The van der Waals surface area contributed by atoms with Crippen LogP contribution in [0.1, 0.15) is 36.2 Å². The van der Waals surface area contributed by atoms with Crippen LogP contribution in [0.5, 0.6) is 0 Å². The van der Waals surface area contributed by atoms with E-state index in [1.807, 2.05) is 26.0 Å². The van der Waals surface area contributed by atoms with Gasteiger partial charge in [0.1, 0.15) is 6.04 Å². The summed E-state index contributed by atoms with van der Waals surface area (Å²) in [5.74, 6) is -1.15. The summed E-state index contributed by atoms with van der Waals surface area (Å²) in [6.45, 7) is 4.21. The van der Waals surface area contributed by atoms with Crippen LogP contribution >= 0.6 is 0 Å². The number of hydrogen-bond acceptors (Lipinski definition) is 2. The maximum absolute atomic E-state index is 12.2. The van der Waals surface area contributed by atoms with Gasteiger partial charge in [0, 0.05) is 12.1 Å². The highest BCUT2D eigenvalue weighted by atomic mass is 16.4. The summed E-state index contributed by atoms with van der Waals surface area (Å²) in [6.07, 6.45) is 0.733. The first kappa shape index (κ1) is 12.6. The monoisotopic (exact) mass is 247 g/mol. The highest BCUT2D eigenvalue weighted by molar-refractivity contribution is 6.00. The molecule has 1 aromatic carbocycles. The average Bonchev–Trinajstić information content (AvgIpc) is 2.67. The highest BCUT2D eigenvalue weighted by Crippen LogP contribution is 2.27. The van der Waals surface area contributed by atoms with E-state index in [0.717, 1.165) is 12.0 Å². The third kappa shape index (κ3) is 1.98. The van der Waals surface area contributed by atoms with Crippen LogP contribution in [0.3, 0.4) is 0 Å². The van der Waals surface area contributed by atoms with Gasteiger partial charge in [-0.3, -0.25) is 4.79 Å². The van der Waals surface area contributed by atoms with E-state index in [1.54, 1.807) is 12.1 Å². The summed E-state index contributed by atoms with van der Waals surface area (Å²) in [5, 5.41) is 9.34. The fraction of sp³-hybridized carbons (Fsp3) is 0.429. The van der Waals surface area contributed by atoms with E-state index >= 15 is 0 Å². The van der Waals surface area contributed by atoms with E-state index < -0.39 is 12.0 Å². The van der Waals surface area contributed by atoms with Crippen LogP contribution in [0.25, 0.3) is 0 Å². The maximum atomic E-state index is 12.2. The van der Waals surface area contributed by atoms with Crippen molar-refractivity contribution in [3.63, 3.8) is 0 Å². The summed E-state index contributed by atoms with van der Waals surface area (Å²) < 4.78 is 0. The zero-order valence-corrected chi connectivity index (χ0v) is 10.6. The van der Waals surface area contributed by atoms with Crippen LogP contribution in [0.2, 0.25) is 0 Å². The van der Waals surface area contributed by atoms with E-state index in [-0.39, 0.29) is 11.8 Å². The van der Waals surface area contributed by atoms with Gasteiger partial charge in [0.2, 0.25) is 0 Å². The minimum absolute atomic E-state index is 0.0548. The molecule has 1 N–H and O–H groups in total. The summed E-state index contributed by atoms with van der Waals surface area (Å²) >= 11 is 0. The van der Waals surface area contributed by atoms with E-state index in [9.17, 15) is 14.7 Å². The van der Waals surface area contributed by atoms with Gasteiger partial charge in [0.15, 0.2) is 0 Å². The lowest BCUT2D eigenvalue weighted by molar-refractivity contribution is -0.144. The third-order valence-corrected chi connectivity index (χ3v) is 3.62. The Labute approximate surface area is 106 Å². The molecule has 0 saturated carbocycles. The summed E-state index contributed by atoms with van der Waals surface area (Å²) in [4.78, 5) is 25.1. The first-order valence-corrected chi connectivity index (χ1v) is 6.18. The van der Waals surface area contributed by atoms with Crippen molar-refractivity contribution in [3.05, 3.63) is 35.4 Å². The topological polar surface area (TPSA) is 57.6 Å². The van der Waals surface area contributed by atoms with Crippen molar-refractivity contribution >= 4 is 11.9 Å². The van der Waals surface area contributed by atoms with Gasteiger partial charge in [-0.1, -0.05) is 38.5 Å². The highest BCUT2D eigenvalue weighted by Gasteiger charge is 2.38. The molecule has 1 aliphatic heterocycles. The molecule has 1 amide bonds. The molecule has 18 heavy (non-hydrogen) atoms. The molecule has 0 aliphatic carbocycles. The molecule has 0 unspecified atom stereocenters. The lowest BCUT2D eigenvalue weighted by Gasteiger charge is -2.28. The SMILES string of the molecule is CC[C@@H](C)[C@H](C(=O)O)N1Cc2ccccc2C1=O. The minimum Gasteiger partial charge on any atom is -0.480 e. The molecule has 0 fully saturated rings. The van der Waals surface area contributed by atoms with Crippen LogP contribution in [0.4, 0.5) is 0 Å². The standard InChI is InChI=1S/C14H17NO3/c1-3-9(2)12(14(17)18)15-8-10-6-4-5-7-11(10)13(15)16/h4-7,9,12H,3,8H2,1-2H3,(H,17,18)/t9-,12-/m1/s1. The number of fused-ring (bicyclic) bond motifs is 1. The second kappa shape index (κ2) is 4.80. The molecule has 1 heterocycles. The summed E-state index contributed by atoms with van der Waals surface area (Å²) in [7, 11) is 0. The predicted molar refractivity (Wildman–Crippen MR) is 67.2 cm³/mol. The van der Waals surface area contributed by atoms with Gasteiger partial charge in [-0.25, -0.2) is 4.79 Å². The molecule has 0 saturated heterocycles. The molecule has 2 rings (SSSR count). The van der Waals surface area contributed by atoms with E-state index in [1.165, 1.54) is 4.90 Å². The molecule has 1 aromatic rings. The number of carboxylic acid groups (broad SMARTS) is 1. The first-order chi connectivity index (χ1) is 8.56. The molecule has 96 valence electrons. The van der Waals surface area contributed by atoms with Crippen molar-refractivity contribution in [2.45, 2.75) is 32.9 Å². The van der Waals surface area contributed by atoms with E-state index in [4.69, 9.17) is 0 Å². The number of benzene rings is 1. The average molecular weight is 247 g/mol. The molecule has 2 atom stereocenters. The molecule has 4 nitrogen and oxygen atoms in total. The molecule has 0 bridgehead atoms. The van der Waals surface area contributed by atoms with Gasteiger partial charge in [0.05, 0.1) is 0 Å². The van der Waals surface area contributed by atoms with Gasteiger partial charge in [-0.05, 0) is 17.5 Å². The fourth-order valence-corrected chi connectivity index (χ4v) is 2.41. The molecule has 0 aromatic heterocycles. The Kier molecular flexibility index (Phi) is 3.36. The molecular formula is C14H17NO3. The zero-order valence-electron chi connectivity index (χ0n) is 10.6. The number of aliphatic carboxylic acids is 1. The number of carbonyl (C=O) groups excluding carboxylic acids is 1. The molecule has 1 aliphatic rings. The van der Waals surface area contributed by atoms with Gasteiger partial charge < -0.3 is 10.0 Å². The van der Waals surface area contributed by atoms with Crippen LogP contribution < -0.4 is 0 Å². The van der Waals surface area contributed by atoms with Crippen molar-refractivity contribution in [1.82, 2.24) is 4.90 Å². The minimum atomic E-state index is -0.925. The zero-order chi connectivity index (χ0) is 13.3. The van der Waals surface area contributed by atoms with Crippen LogP contribution in [-0.2, 0) is 11.3 Å². The smallest absolute Gasteiger partial charge is 0.326 e. The van der Waals surface area contributed by atoms with Crippen molar-refractivity contribution in [2.24, 2.45) is 5.92 Å². The Bertz CT molecular complexity index is 484. The molecule has 0 spiro atoms. The molecule has 0 radical (unpaired) electrons. The van der Waals surface area contributed by atoms with Crippen LogP contribution in [0.15, 0.2) is 24.3 Å². The van der Waals surface area contributed by atoms with Crippen LogP contribution in [-0.4, -0.2) is 27.9 Å². The number of amides is 1. The Hall–Kier alpha value is -1.84. The normalized spacial score (nSPS) is 17.4. The third-order valence-electron chi connectivity index (χ3n) is 3.62. The van der Waals surface area contributed by atoms with Crippen molar-refractivity contribution < 1.29 is 14.7 Å². The number of hydrogen-bond donors (Lipinski definition) is 1. The number of carboxylic acids is 1.